The van der Waals surface area contributed by atoms with E-state index >= 15 is 0 Å². The number of hydrogen-bond donors (Lipinski definition) is 0. The van der Waals surface area contributed by atoms with E-state index in [-0.39, 0.29) is 24.4 Å². The molecule has 0 aliphatic heterocycles. The second-order valence-corrected chi connectivity index (χ2v) is 5.93. The molecule has 23 heavy (non-hydrogen) atoms. The van der Waals surface area contributed by atoms with Crippen molar-refractivity contribution >= 4 is 27.5 Å². The molecule has 0 spiro atoms. The molecule has 0 heterocycles. The van der Waals surface area contributed by atoms with Crippen LogP contribution in [0.4, 0.5) is 0 Å². The first kappa shape index (κ1) is 17.2. The van der Waals surface area contributed by atoms with Gasteiger partial charge < -0.3 is 9.47 Å². The van der Waals surface area contributed by atoms with Gasteiger partial charge in [0.15, 0.2) is 17.3 Å². The molecule has 0 saturated carbocycles. The Hall–Kier alpha value is -2.14. The largest absolute Gasteiger partial charge is 0.493 e. The van der Waals surface area contributed by atoms with Gasteiger partial charge in [0.1, 0.15) is 5.78 Å². The molecule has 0 unspecified atom stereocenters. The molecular formula is C18H17BrO4. The summed E-state index contributed by atoms with van der Waals surface area (Å²) in [4.78, 5) is 24.2. The molecule has 2 aromatic carbocycles. The molecule has 0 bridgehead atoms. The molecule has 0 radical (unpaired) electrons. The van der Waals surface area contributed by atoms with E-state index < -0.39 is 0 Å². The number of ketones is 2. The number of Topliss-reactive ketones (excluding diaryl/α,β-unsaturated/α-hetero) is 2. The van der Waals surface area contributed by atoms with Crippen LogP contribution >= 0.6 is 15.9 Å². The molecule has 0 aliphatic carbocycles. The Morgan fingerprint density at radius 3 is 2.22 bits per heavy atom. The smallest absolute Gasteiger partial charge is 0.170 e. The highest BCUT2D eigenvalue weighted by Crippen LogP contribution is 2.27. The van der Waals surface area contributed by atoms with Crippen molar-refractivity contribution < 1.29 is 19.1 Å². The van der Waals surface area contributed by atoms with Crippen molar-refractivity contribution in [2.45, 2.75) is 12.8 Å². The Morgan fingerprint density at radius 1 is 0.957 bits per heavy atom. The molecule has 0 atom stereocenters. The summed E-state index contributed by atoms with van der Waals surface area (Å²) in [7, 11) is 3.10. The fraction of sp³-hybridized carbons (Fsp3) is 0.222. The summed E-state index contributed by atoms with van der Waals surface area (Å²) in [5, 5.41) is 0. The maximum Gasteiger partial charge on any atom is 0.170 e. The Morgan fingerprint density at radius 2 is 1.61 bits per heavy atom. The second-order valence-electron chi connectivity index (χ2n) is 5.01. The number of ether oxygens (including phenoxy) is 2. The van der Waals surface area contributed by atoms with Gasteiger partial charge in [-0.25, -0.2) is 0 Å². The summed E-state index contributed by atoms with van der Waals surface area (Å²) >= 11 is 3.31. The minimum absolute atomic E-state index is 0.115. The Bertz CT molecular complexity index is 707. The maximum atomic E-state index is 12.1. The highest BCUT2D eigenvalue weighted by molar-refractivity contribution is 9.10. The van der Waals surface area contributed by atoms with Gasteiger partial charge in [0, 0.05) is 16.5 Å². The summed E-state index contributed by atoms with van der Waals surface area (Å²) in [6.07, 6.45) is 0.0681. The van der Waals surface area contributed by atoms with E-state index in [1.54, 1.807) is 56.7 Å². The quantitative estimate of drug-likeness (QED) is 0.543. The van der Waals surface area contributed by atoms with Gasteiger partial charge in [-0.1, -0.05) is 34.1 Å². The van der Waals surface area contributed by atoms with E-state index in [1.165, 1.54) is 0 Å². The van der Waals surface area contributed by atoms with Crippen molar-refractivity contribution in [3.63, 3.8) is 0 Å². The van der Waals surface area contributed by atoms with Crippen LogP contribution in [0.1, 0.15) is 22.3 Å². The zero-order valence-corrected chi connectivity index (χ0v) is 14.6. The van der Waals surface area contributed by atoms with Gasteiger partial charge in [-0.3, -0.25) is 9.59 Å². The van der Waals surface area contributed by atoms with E-state index in [4.69, 9.17) is 9.47 Å². The summed E-state index contributed by atoms with van der Waals surface area (Å²) in [5.41, 5.74) is 1.32. The zero-order valence-electron chi connectivity index (χ0n) is 13.0. The normalized spacial score (nSPS) is 10.2. The van der Waals surface area contributed by atoms with Gasteiger partial charge in [0.2, 0.25) is 0 Å². The molecule has 0 aliphatic rings. The van der Waals surface area contributed by atoms with Gasteiger partial charge in [0.05, 0.1) is 20.6 Å². The van der Waals surface area contributed by atoms with Crippen molar-refractivity contribution in [1.29, 1.82) is 0 Å². The first-order chi connectivity index (χ1) is 11.0. The van der Waals surface area contributed by atoms with Gasteiger partial charge in [-0.2, -0.15) is 0 Å². The van der Waals surface area contributed by atoms with Crippen LogP contribution in [0.2, 0.25) is 0 Å². The molecule has 0 saturated heterocycles. The van der Waals surface area contributed by atoms with Crippen LogP contribution in [0.15, 0.2) is 46.9 Å². The van der Waals surface area contributed by atoms with Crippen molar-refractivity contribution in [2.75, 3.05) is 14.2 Å². The van der Waals surface area contributed by atoms with Crippen molar-refractivity contribution in [3.8, 4) is 11.5 Å². The molecule has 4 nitrogen and oxygen atoms in total. The Labute approximate surface area is 143 Å². The first-order valence-corrected chi connectivity index (χ1v) is 7.84. The lowest BCUT2D eigenvalue weighted by Crippen LogP contribution is -2.10. The third-order valence-corrected chi connectivity index (χ3v) is 3.90. The van der Waals surface area contributed by atoms with Crippen molar-refractivity contribution in [2.24, 2.45) is 0 Å². The third-order valence-electron chi connectivity index (χ3n) is 3.37. The van der Waals surface area contributed by atoms with Gasteiger partial charge >= 0.3 is 0 Å². The van der Waals surface area contributed by atoms with Crippen molar-refractivity contribution in [1.82, 2.24) is 0 Å². The van der Waals surface area contributed by atoms with Crippen molar-refractivity contribution in [3.05, 3.63) is 58.1 Å². The molecule has 0 aromatic heterocycles. The van der Waals surface area contributed by atoms with E-state index in [2.05, 4.69) is 15.9 Å². The topological polar surface area (TPSA) is 52.6 Å². The molecule has 0 N–H and O–H groups in total. The van der Waals surface area contributed by atoms with Crippen LogP contribution in [-0.2, 0) is 11.2 Å². The van der Waals surface area contributed by atoms with Crippen LogP contribution in [-0.4, -0.2) is 25.8 Å². The number of methoxy groups -OCH3 is 2. The molecule has 2 aromatic rings. The Kier molecular flexibility index (Phi) is 5.93. The van der Waals surface area contributed by atoms with Gasteiger partial charge in [-0.15, -0.1) is 0 Å². The minimum atomic E-state index is -0.178. The zero-order chi connectivity index (χ0) is 16.8. The van der Waals surface area contributed by atoms with Crippen LogP contribution < -0.4 is 9.47 Å². The summed E-state index contributed by atoms with van der Waals surface area (Å²) in [6.45, 7) is 0. The summed E-state index contributed by atoms with van der Waals surface area (Å²) in [5.74, 6) is 0.861. The van der Waals surface area contributed by atoms with Gasteiger partial charge in [-0.05, 0) is 29.8 Å². The highest BCUT2D eigenvalue weighted by Gasteiger charge is 2.13. The van der Waals surface area contributed by atoms with Crippen LogP contribution in [0.25, 0.3) is 0 Å². The number of carbonyl (C=O) groups is 2. The average molecular weight is 377 g/mol. The average Bonchev–Trinajstić information content (AvgIpc) is 2.55. The number of rotatable bonds is 7. The molecule has 0 amide bonds. The fourth-order valence-electron chi connectivity index (χ4n) is 2.20. The first-order valence-electron chi connectivity index (χ1n) is 7.05. The maximum absolute atomic E-state index is 12.1. The number of halogens is 1. The van der Waals surface area contributed by atoms with E-state index in [9.17, 15) is 9.59 Å². The molecule has 2 rings (SSSR count). The lowest BCUT2D eigenvalue weighted by atomic mass is 10.0. The molecular weight excluding hydrogens is 360 g/mol. The minimum Gasteiger partial charge on any atom is -0.493 e. The summed E-state index contributed by atoms with van der Waals surface area (Å²) in [6, 6.07) is 12.3. The molecule has 0 fully saturated rings. The van der Waals surface area contributed by atoms with E-state index in [0.29, 0.717) is 17.1 Å². The standard InChI is InChI=1S/C18H17BrO4/c1-22-17-8-3-12(10-18(17)23-2)9-15(20)11-16(21)13-4-6-14(19)7-5-13/h3-8,10H,9,11H2,1-2H3. The molecule has 120 valence electrons. The lowest BCUT2D eigenvalue weighted by molar-refractivity contribution is -0.117. The monoisotopic (exact) mass is 376 g/mol. The van der Waals surface area contributed by atoms with Crippen LogP contribution in [0.5, 0.6) is 11.5 Å². The predicted molar refractivity (Wildman–Crippen MR) is 91.3 cm³/mol. The number of benzene rings is 2. The van der Waals surface area contributed by atoms with E-state index in [1.807, 2.05) is 0 Å². The highest BCUT2D eigenvalue weighted by atomic mass is 79.9. The fourth-order valence-corrected chi connectivity index (χ4v) is 2.46. The lowest BCUT2D eigenvalue weighted by Gasteiger charge is -2.09. The number of hydrogen-bond acceptors (Lipinski definition) is 4. The van der Waals surface area contributed by atoms with Gasteiger partial charge in [0.25, 0.3) is 0 Å². The Balaban J connectivity index is 2.02. The van der Waals surface area contributed by atoms with Crippen LogP contribution in [0, 0.1) is 0 Å². The van der Waals surface area contributed by atoms with Crippen LogP contribution in [0.3, 0.4) is 0 Å². The predicted octanol–water partition coefficient (Wildman–Crippen LogP) is 3.85. The number of carbonyl (C=O) groups excluding carboxylic acids is 2. The van der Waals surface area contributed by atoms with E-state index in [0.717, 1.165) is 10.0 Å². The third kappa shape index (κ3) is 4.66. The molecule has 5 heteroatoms. The SMILES string of the molecule is COc1ccc(CC(=O)CC(=O)c2ccc(Br)cc2)cc1OC. The second kappa shape index (κ2) is 7.92. The summed E-state index contributed by atoms with van der Waals surface area (Å²) < 4.78 is 11.3.